The predicted molar refractivity (Wildman–Crippen MR) is 139 cm³/mol. The topological polar surface area (TPSA) is 80.7 Å². The number of piperazine rings is 1. The van der Waals surface area contributed by atoms with Crippen molar-refractivity contribution in [1.29, 1.82) is 0 Å². The average Bonchev–Trinajstić information content (AvgIpc) is 2.86. The highest BCUT2D eigenvalue weighted by Gasteiger charge is 2.31. The molecule has 1 aliphatic heterocycles. The summed E-state index contributed by atoms with van der Waals surface area (Å²) < 4.78 is 34.7. The number of hydrogen-bond donors (Lipinski definition) is 1. The zero-order valence-electron chi connectivity index (χ0n) is 20.7. The SMILES string of the molecule is CCOc1ncccc1-c1ccc(N2CCN(C(=O)c3ccc(F)cc3Cl)C[C@H]2CC)c(C)c1F.N. The minimum atomic E-state index is -0.483. The van der Waals surface area contributed by atoms with Gasteiger partial charge in [-0.25, -0.2) is 13.8 Å². The van der Waals surface area contributed by atoms with Crippen molar-refractivity contribution >= 4 is 23.2 Å². The maximum Gasteiger partial charge on any atom is 0.255 e. The third-order valence-corrected chi connectivity index (χ3v) is 6.73. The number of benzene rings is 2. The highest BCUT2D eigenvalue weighted by molar-refractivity contribution is 6.33. The molecule has 1 saturated heterocycles. The Bertz CT molecular complexity index is 1240. The van der Waals surface area contributed by atoms with Crippen molar-refractivity contribution in [3.63, 3.8) is 0 Å². The Morgan fingerprint density at radius 1 is 1.14 bits per heavy atom. The van der Waals surface area contributed by atoms with E-state index in [4.69, 9.17) is 16.3 Å². The Hall–Kier alpha value is -3.23. The molecular weight excluding hydrogens is 486 g/mol. The van der Waals surface area contributed by atoms with Gasteiger partial charge in [0.25, 0.3) is 5.91 Å². The van der Waals surface area contributed by atoms with Gasteiger partial charge in [0, 0.05) is 54.3 Å². The Balaban J connectivity index is 0.00000361. The van der Waals surface area contributed by atoms with Crippen LogP contribution >= 0.6 is 11.6 Å². The summed E-state index contributed by atoms with van der Waals surface area (Å²) in [5.41, 5.74) is 2.67. The van der Waals surface area contributed by atoms with Crippen LogP contribution in [0.1, 0.15) is 36.2 Å². The van der Waals surface area contributed by atoms with Gasteiger partial charge in [0.2, 0.25) is 5.88 Å². The molecule has 0 spiro atoms. The normalized spacial score (nSPS) is 15.4. The summed E-state index contributed by atoms with van der Waals surface area (Å²) in [6, 6.07) is 11.0. The molecule has 2 aromatic carbocycles. The fraction of sp³-hybridized carbons (Fsp3) is 0.333. The summed E-state index contributed by atoms with van der Waals surface area (Å²) in [5, 5.41) is 0.0980. The van der Waals surface area contributed by atoms with E-state index in [0.717, 1.165) is 18.2 Å². The number of halogens is 3. The van der Waals surface area contributed by atoms with Crippen LogP contribution in [0.4, 0.5) is 14.5 Å². The van der Waals surface area contributed by atoms with Gasteiger partial charge in [0.05, 0.1) is 17.2 Å². The second kappa shape index (κ2) is 11.7. The maximum atomic E-state index is 15.6. The van der Waals surface area contributed by atoms with Crippen LogP contribution in [0.3, 0.4) is 0 Å². The molecule has 4 rings (SSSR count). The van der Waals surface area contributed by atoms with E-state index in [-0.39, 0.29) is 34.5 Å². The minimum Gasteiger partial charge on any atom is -0.478 e. The van der Waals surface area contributed by atoms with E-state index in [9.17, 15) is 9.18 Å². The fourth-order valence-corrected chi connectivity index (χ4v) is 4.83. The molecule has 1 atom stereocenters. The molecule has 9 heteroatoms. The molecule has 1 fully saturated rings. The van der Waals surface area contributed by atoms with Crippen molar-refractivity contribution in [3.8, 4) is 17.0 Å². The molecule has 6 nitrogen and oxygen atoms in total. The number of amides is 1. The lowest BCUT2D eigenvalue weighted by Crippen LogP contribution is -2.55. The standard InChI is InChI=1S/C27H28ClF2N3O2.H3N/c1-4-19-16-32(27(34)22-9-8-18(29)15-23(22)28)13-14-33(19)24-11-10-20(25(30)17(24)3)21-7-6-12-31-26(21)35-5-2;/h6-12,15,19H,4-5,13-14,16H2,1-3H3;1H3/t19-;/m1./s1. The zero-order chi connectivity index (χ0) is 25.1. The molecule has 192 valence electrons. The largest absolute Gasteiger partial charge is 0.478 e. The predicted octanol–water partition coefficient (Wildman–Crippen LogP) is 6.29. The van der Waals surface area contributed by atoms with E-state index in [0.29, 0.717) is 48.8 Å². The van der Waals surface area contributed by atoms with Gasteiger partial charge in [0.1, 0.15) is 11.6 Å². The first-order valence-corrected chi connectivity index (χ1v) is 12.1. The first-order valence-electron chi connectivity index (χ1n) is 11.7. The van der Waals surface area contributed by atoms with Crippen LogP contribution in [-0.4, -0.2) is 48.1 Å². The summed E-state index contributed by atoms with van der Waals surface area (Å²) in [6.45, 7) is 7.56. The second-order valence-electron chi connectivity index (χ2n) is 8.49. The molecule has 3 N–H and O–H groups in total. The quantitative estimate of drug-likeness (QED) is 0.416. The lowest BCUT2D eigenvalue weighted by atomic mass is 9.99. The lowest BCUT2D eigenvalue weighted by molar-refractivity contribution is 0.0721. The van der Waals surface area contributed by atoms with Crippen LogP contribution < -0.4 is 15.8 Å². The van der Waals surface area contributed by atoms with Crippen LogP contribution in [-0.2, 0) is 0 Å². The summed E-state index contributed by atoms with van der Waals surface area (Å²) in [7, 11) is 0. The Morgan fingerprint density at radius 2 is 1.92 bits per heavy atom. The molecule has 2 heterocycles. The molecule has 1 amide bonds. The molecule has 0 radical (unpaired) electrons. The van der Waals surface area contributed by atoms with Gasteiger partial charge in [-0.3, -0.25) is 4.79 Å². The zero-order valence-corrected chi connectivity index (χ0v) is 21.5. The van der Waals surface area contributed by atoms with Crippen LogP contribution in [0.15, 0.2) is 48.7 Å². The smallest absolute Gasteiger partial charge is 0.255 e. The maximum absolute atomic E-state index is 15.6. The molecule has 36 heavy (non-hydrogen) atoms. The Morgan fingerprint density at radius 3 is 2.61 bits per heavy atom. The van der Waals surface area contributed by atoms with Crippen molar-refractivity contribution in [3.05, 3.63) is 76.4 Å². The van der Waals surface area contributed by atoms with Gasteiger partial charge >= 0.3 is 0 Å². The molecule has 0 unspecified atom stereocenters. The van der Waals surface area contributed by atoms with E-state index in [1.807, 2.05) is 19.9 Å². The highest BCUT2D eigenvalue weighted by atomic mass is 35.5. The summed E-state index contributed by atoms with van der Waals surface area (Å²) >= 11 is 6.12. The van der Waals surface area contributed by atoms with Crippen LogP contribution in [0.25, 0.3) is 11.1 Å². The van der Waals surface area contributed by atoms with Crippen molar-refractivity contribution in [2.45, 2.75) is 33.2 Å². The molecule has 0 saturated carbocycles. The monoisotopic (exact) mass is 516 g/mol. The third-order valence-electron chi connectivity index (χ3n) is 6.41. The van der Waals surface area contributed by atoms with Gasteiger partial charge in [-0.1, -0.05) is 18.5 Å². The van der Waals surface area contributed by atoms with Gasteiger partial charge in [-0.2, -0.15) is 0 Å². The molecular formula is C27H31ClF2N4O2. The van der Waals surface area contributed by atoms with Gasteiger partial charge in [-0.15, -0.1) is 0 Å². The first-order chi connectivity index (χ1) is 16.8. The number of ether oxygens (including phenoxy) is 1. The van der Waals surface area contributed by atoms with Crippen molar-refractivity contribution in [2.24, 2.45) is 0 Å². The molecule has 3 aromatic rings. The van der Waals surface area contributed by atoms with E-state index in [1.165, 1.54) is 12.1 Å². The first kappa shape index (κ1) is 27.4. The van der Waals surface area contributed by atoms with Crippen LogP contribution in [0.5, 0.6) is 5.88 Å². The van der Waals surface area contributed by atoms with E-state index in [1.54, 1.807) is 36.2 Å². The third kappa shape index (κ3) is 5.29. The minimum absolute atomic E-state index is 0. The number of carbonyl (C=O) groups excluding carboxylic acids is 1. The van der Waals surface area contributed by atoms with Gasteiger partial charge in [0.15, 0.2) is 0 Å². The fourth-order valence-electron chi connectivity index (χ4n) is 4.58. The molecule has 0 aliphatic carbocycles. The molecule has 1 aliphatic rings. The van der Waals surface area contributed by atoms with Crippen LogP contribution in [0.2, 0.25) is 5.02 Å². The Kier molecular flexibility index (Phi) is 8.87. The second-order valence-corrected chi connectivity index (χ2v) is 8.90. The van der Waals surface area contributed by atoms with Crippen molar-refractivity contribution in [2.75, 3.05) is 31.1 Å². The van der Waals surface area contributed by atoms with E-state index < -0.39 is 5.82 Å². The van der Waals surface area contributed by atoms with E-state index in [2.05, 4.69) is 9.88 Å². The lowest BCUT2D eigenvalue weighted by Gasteiger charge is -2.43. The summed E-state index contributed by atoms with van der Waals surface area (Å²) in [5.74, 6) is -0.628. The van der Waals surface area contributed by atoms with Crippen molar-refractivity contribution in [1.82, 2.24) is 16.0 Å². The average molecular weight is 517 g/mol. The number of aromatic nitrogens is 1. The number of anilines is 1. The number of carbonyl (C=O) groups is 1. The highest BCUT2D eigenvalue weighted by Crippen LogP contribution is 2.36. The Labute approximate surface area is 215 Å². The summed E-state index contributed by atoms with van der Waals surface area (Å²) in [4.78, 5) is 21.2. The van der Waals surface area contributed by atoms with Gasteiger partial charge < -0.3 is 20.7 Å². The molecule has 0 bridgehead atoms. The van der Waals surface area contributed by atoms with Crippen LogP contribution in [0, 0.1) is 18.6 Å². The van der Waals surface area contributed by atoms with Crippen molar-refractivity contribution < 1.29 is 18.3 Å². The van der Waals surface area contributed by atoms with E-state index >= 15 is 4.39 Å². The molecule has 1 aromatic heterocycles. The number of rotatable bonds is 6. The number of hydrogen-bond acceptors (Lipinski definition) is 5. The number of pyridine rings is 1. The summed E-state index contributed by atoms with van der Waals surface area (Å²) in [6.07, 6.45) is 2.39. The van der Waals surface area contributed by atoms with Gasteiger partial charge in [-0.05, 0) is 62.7 Å². The number of nitrogens with zero attached hydrogens (tertiary/aromatic N) is 3.